The van der Waals surface area contributed by atoms with Gasteiger partial charge in [-0.25, -0.2) is 0 Å². The normalized spacial score (nSPS) is 12.2. The predicted molar refractivity (Wildman–Crippen MR) is 82.7 cm³/mol. The van der Waals surface area contributed by atoms with Gasteiger partial charge >= 0.3 is 0 Å². The Morgan fingerprint density at radius 1 is 1.05 bits per heavy atom. The first-order valence-corrected chi connectivity index (χ1v) is 6.80. The summed E-state index contributed by atoms with van der Waals surface area (Å²) in [5, 5.41) is 0. The summed E-state index contributed by atoms with van der Waals surface area (Å²) in [5.41, 5.74) is 7.71. The molecule has 2 aromatic rings. The monoisotopic (exact) mass is 270 g/mol. The highest BCUT2D eigenvalue weighted by Gasteiger charge is 2.15. The average molecular weight is 270 g/mol. The second kappa shape index (κ2) is 6.55. The zero-order valence-corrected chi connectivity index (χ0v) is 12.3. The molecule has 0 fully saturated rings. The smallest absolute Gasteiger partial charge is 0.123 e. The Bertz CT molecular complexity index is 564. The van der Waals surface area contributed by atoms with Crippen LogP contribution < -0.4 is 16.0 Å². The van der Waals surface area contributed by atoms with Crippen LogP contribution in [0.5, 0.6) is 5.75 Å². The van der Waals surface area contributed by atoms with Crippen LogP contribution in [0.2, 0.25) is 0 Å². The fourth-order valence-corrected chi connectivity index (χ4v) is 2.34. The van der Waals surface area contributed by atoms with Crippen LogP contribution in [0.15, 0.2) is 42.5 Å². The Morgan fingerprint density at radius 3 is 2.30 bits per heavy atom. The van der Waals surface area contributed by atoms with Crippen molar-refractivity contribution in [2.45, 2.75) is 26.3 Å². The van der Waals surface area contributed by atoms with E-state index in [4.69, 9.17) is 10.6 Å². The van der Waals surface area contributed by atoms with Crippen LogP contribution in [-0.2, 0) is 6.42 Å². The number of hydrogen-bond donors (Lipinski definition) is 2. The minimum atomic E-state index is 0.0348. The van der Waals surface area contributed by atoms with Crippen molar-refractivity contribution in [3.8, 4) is 5.75 Å². The third-order valence-electron chi connectivity index (χ3n) is 3.52. The molecule has 0 heterocycles. The SMILES string of the molecule is COc1ccc(C)cc1C(Cc1ccc(C)cc1)NN. The summed E-state index contributed by atoms with van der Waals surface area (Å²) in [6.07, 6.45) is 0.830. The quantitative estimate of drug-likeness (QED) is 0.648. The summed E-state index contributed by atoms with van der Waals surface area (Å²) < 4.78 is 5.44. The van der Waals surface area contributed by atoms with E-state index in [1.54, 1.807) is 7.11 Å². The third kappa shape index (κ3) is 3.38. The van der Waals surface area contributed by atoms with Gasteiger partial charge in [-0.05, 0) is 31.9 Å². The lowest BCUT2D eigenvalue weighted by atomic mass is 9.96. The number of hydrogen-bond acceptors (Lipinski definition) is 3. The lowest BCUT2D eigenvalue weighted by molar-refractivity contribution is 0.399. The van der Waals surface area contributed by atoms with E-state index >= 15 is 0 Å². The number of methoxy groups -OCH3 is 1. The van der Waals surface area contributed by atoms with Crippen LogP contribution in [-0.4, -0.2) is 7.11 Å². The van der Waals surface area contributed by atoms with Gasteiger partial charge in [-0.15, -0.1) is 0 Å². The Kier molecular flexibility index (Phi) is 4.77. The van der Waals surface area contributed by atoms with Gasteiger partial charge in [-0.3, -0.25) is 11.3 Å². The summed E-state index contributed by atoms with van der Waals surface area (Å²) in [5.74, 6) is 6.62. The molecule has 0 saturated carbocycles. The first kappa shape index (κ1) is 14.6. The van der Waals surface area contributed by atoms with Gasteiger partial charge in [-0.1, -0.05) is 47.5 Å². The van der Waals surface area contributed by atoms with Crippen LogP contribution in [0.1, 0.15) is 28.3 Å². The molecular formula is C17H22N2O. The van der Waals surface area contributed by atoms with E-state index in [2.05, 4.69) is 49.6 Å². The van der Waals surface area contributed by atoms with Gasteiger partial charge < -0.3 is 4.74 Å². The Labute approximate surface area is 120 Å². The second-order valence-electron chi connectivity index (χ2n) is 5.15. The molecule has 0 aromatic heterocycles. The topological polar surface area (TPSA) is 47.3 Å². The number of nitrogens with one attached hydrogen (secondary N) is 1. The van der Waals surface area contributed by atoms with Gasteiger partial charge in [-0.2, -0.15) is 0 Å². The molecule has 0 bridgehead atoms. The van der Waals surface area contributed by atoms with E-state index in [1.807, 2.05) is 12.1 Å². The van der Waals surface area contributed by atoms with Crippen LogP contribution >= 0.6 is 0 Å². The second-order valence-corrected chi connectivity index (χ2v) is 5.15. The maximum Gasteiger partial charge on any atom is 0.123 e. The van der Waals surface area contributed by atoms with Crippen LogP contribution in [0, 0.1) is 13.8 Å². The van der Waals surface area contributed by atoms with Crippen molar-refractivity contribution in [1.29, 1.82) is 0 Å². The van der Waals surface area contributed by atoms with Gasteiger partial charge in [0.25, 0.3) is 0 Å². The number of aryl methyl sites for hydroxylation is 2. The number of hydrazine groups is 1. The molecule has 2 aromatic carbocycles. The molecule has 1 atom stereocenters. The van der Waals surface area contributed by atoms with Gasteiger partial charge in [0.2, 0.25) is 0 Å². The summed E-state index contributed by atoms with van der Waals surface area (Å²) in [6, 6.07) is 14.7. The molecule has 1 unspecified atom stereocenters. The van der Waals surface area contributed by atoms with Gasteiger partial charge in [0, 0.05) is 5.56 Å². The summed E-state index contributed by atoms with van der Waals surface area (Å²) in [4.78, 5) is 0. The standard InChI is InChI=1S/C17H22N2O/c1-12-4-7-14(8-5-12)11-16(19-18)15-10-13(2)6-9-17(15)20-3/h4-10,16,19H,11,18H2,1-3H3. The molecule has 0 aliphatic rings. The van der Waals surface area contributed by atoms with E-state index < -0.39 is 0 Å². The molecule has 0 aliphatic carbocycles. The molecule has 0 spiro atoms. The third-order valence-corrected chi connectivity index (χ3v) is 3.52. The van der Waals surface area contributed by atoms with Crippen molar-refractivity contribution in [2.75, 3.05) is 7.11 Å². The van der Waals surface area contributed by atoms with E-state index in [1.165, 1.54) is 16.7 Å². The minimum Gasteiger partial charge on any atom is -0.496 e. The Morgan fingerprint density at radius 2 is 1.70 bits per heavy atom. The zero-order valence-electron chi connectivity index (χ0n) is 12.3. The van der Waals surface area contributed by atoms with Gasteiger partial charge in [0.15, 0.2) is 0 Å². The molecule has 3 heteroatoms. The van der Waals surface area contributed by atoms with Gasteiger partial charge in [0.05, 0.1) is 13.2 Å². The van der Waals surface area contributed by atoms with Crippen molar-refractivity contribution in [2.24, 2.45) is 5.84 Å². The number of rotatable bonds is 5. The van der Waals surface area contributed by atoms with E-state index in [-0.39, 0.29) is 6.04 Å². The Balaban J connectivity index is 2.28. The number of ether oxygens (including phenoxy) is 1. The summed E-state index contributed by atoms with van der Waals surface area (Å²) in [7, 11) is 1.69. The van der Waals surface area contributed by atoms with Crippen LogP contribution in [0.25, 0.3) is 0 Å². The Hall–Kier alpha value is -1.84. The average Bonchev–Trinajstić information content (AvgIpc) is 2.46. The maximum atomic E-state index is 5.75. The zero-order chi connectivity index (χ0) is 14.5. The summed E-state index contributed by atoms with van der Waals surface area (Å²) >= 11 is 0. The molecule has 0 saturated heterocycles. The van der Waals surface area contributed by atoms with E-state index in [0.717, 1.165) is 17.7 Å². The molecule has 20 heavy (non-hydrogen) atoms. The summed E-state index contributed by atoms with van der Waals surface area (Å²) in [6.45, 7) is 4.16. The lowest BCUT2D eigenvalue weighted by Gasteiger charge is -2.20. The largest absolute Gasteiger partial charge is 0.496 e. The highest BCUT2D eigenvalue weighted by atomic mass is 16.5. The van der Waals surface area contributed by atoms with Gasteiger partial charge in [0.1, 0.15) is 5.75 Å². The molecule has 2 rings (SSSR count). The molecule has 3 N–H and O–H groups in total. The number of nitrogens with two attached hydrogens (primary N) is 1. The first-order valence-electron chi connectivity index (χ1n) is 6.80. The van der Waals surface area contributed by atoms with Crippen molar-refractivity contribution < 1.29 is 4.74 Å². The first-order chi connectivity index (χ1) is 9.63. The highest BCUT2D eigenvalue weighted by Crippen LogP contribution is 2.28. The molecule has 3 nitrogen and oxygen atoms in total. The fraction of sp³-hybridized carbons (Fsp3) is 0.294. The van der Waals surface area contributed by atoms with Crippen molar-refractivity contribution in [3.05, 3.63) is 64.7 Å². The number of benzene rings is 2. The minimum absolute atomic E-state index is 0.0348. The molecule has 0 radical (unpaired) electrons. The van der Waals surface area contributed by atoms with Crippen molar-refractivity contribution in [1.82, 2.24) is 5.43 Å². The van der Waals surface area contributed by atoms with Crippen LogP contribution in [0.3, 0.4) is 0 Å². The van der Waals surface area contributed by atoms with Crippen molar-refractivity contribution in [3.63, 3.8) is 0 Å². The van der Waals surface area contributed by atoms with E-state index in [9.17, 15) is 0 Å². The fourth-order valence-electron chi connectivity index (χ4n) is 2.34. The van der Waals surface area contributed by atoms with Crippen LogP contribution in [0.4, 0.5) is 0 Å². The lowest BCUT2D eigenvalue weighted by Crippen LogP contribution is -2.30. The maximum absolute atomic E-state index is 5.75. The molecule has 0 aliphatic heterocycles. The predicted octanol–water partition coefficient (Wildman–Crippen LogP) is 3.06. The highest BCUT2D eigenvalue weighted by molar-refractivity contribution is 5.40. The molecular weight excluding hydrogens is 248 g/mol. The van der Waals surface area contributed by atoms with E-state index in [0.29, 0.717) is 0 Å². The molecule has 0 amide bonds. The van der Waals surface area contributed by atoms with Crippen molar-refractivity contribution >= 4 is 0 Å². The molecule has 106 valence electrons.